The molecule has 0 aromatic heterocycles. The maximum atomic E-state index is 13.7. The average molecular weight is 443 g/mol. The molecule has 3 aromatic rings. The molecule has 1 heterocycles. The van der Waals surface area contributed by atoms with Crippen LogP contribution in [0.5, 0.6) is 11.5 Å². The van der Waals surface area contributed by atoms with E-state index in [0.717, 1.165) is 33.6 Å². The first-order chi connectivity index (χ1) is 15.4. The van der Waals surface area contributed by atoms with Crippen molar-refractivity contribution < 1.29 is 14.6 Å². The Hall–Kier alpha value is -3.07. The molecule has 0 bridgehead atoms. The van der Waals surface area contributed by atoms with Crippen LogP contribution in [0, 0.1) is 6.92 Å². The number of hydrogen-bond donors (Lipinski definition) is 1. The second-order valence-corrected chi connectivity index (χ2v) is 11.2. The predicted molar refractivity (Wildman–Crippen MR) is 134 cm³/mol. The smallest absolute Gasteiger partial charge is 0.204 e. The minimum atomic E-state index is -0.657. The Bertz CT molecular complexity index is 1160. The maximum Gasteiger partial charge on any atom is 0.204 e. The van der Waals surface area contributed by atoms with Gasteiger partial charge in [0.2, 0.25) is 5.78 Å². The number of ketones is 1. The quantitative estimate of drug-likeness (QED) is 0.441. The van der Waals surface area contributed by atoms with E-state index in [1.54, 1.807) is 0 Å². The van der Waals surface area contributed by atoms with E-state index in [9.17, 15) is 9.90 Å². The molecule has 0 fully saturated rings. The van der Waals surface area contributed by atoms with Crippen molar-refractivity contribution in [1.82, 2.24) is 0 Å². The number of fused-ring (bicyclic) bond motifs is 1. The Kier molecular flexibility index (Phi) is 5.64. The van der Waals surface area contributed by atoms with E-state index >= 15 is 0 Å². The van der Waals surface area contributed by atoms with Gasteiger partial charge in [-0.25, -0.2) is 0 Å². The van der Waals surface area contributed by atoms with Crippen LogP contribution in [0.15, 0.2) is 60.7 Å². The van der Waals surface area contributed by atoms with Crippen LogP contribution in [0.3, 0.4) is 0 Å². The number of ether oxygens (including phenoxy) is 1. The van der Waals surface area contributed by atoms with E-state index in [1.165, 1.54) is 0 Å². The molecule has 0 saturated heterocycles. The summed E-state index contributed by atoms with van der Waals surface area (Å²) in [4.78, 5) is 13.7. The predicted octanol–water partition coefficient (Wildman–Crippen LogP) is 7.07. The Morgan fingerprint density at radius 1 is 0.848 bits per heavy atom. The molecule has 1 aliphatic heterocycles. The number of carbonyl (C=O) groups excluding carboxylic acids is 1. The highest BCUT2D eigenvalue weighted by molar-refractivity contribution is 6.01. The molecule has 33 heavy (non-hydrogen) atoms. The van der Waals surface area contributed by atoms with Crippen LogP contribution >= 0.6 is 0 Å². The zero-order valence-electron chi connectivity index (χ0n) is 20.7. The molecule has 0 spiro atoms. The Labute approximate surface area is 197 Å². The highest BCUT2D eigenvalue weighted by atomic mass is 16.5. The van der Waals surface area contributed by atoms with Crippen LogP contribution in [0.4, 0.5) is 0 Å². The van der Waals surface area contributed by atoms with Gasteiger partial charge < -0.3 is 9.84 Å². The summed E-state index contributed by atoms with van der Waals surface area (Å²) in [6.45, 7) is 14.6. The molecule has 4 rings (SSSR count). The molecule has 172 valence electrons. The van der Waals surface area contributed by atoms with Gasteiger partial charge in [-0.3, -0.25) is 4.79 Å². The summed E-state index contributed by atoms with van der Waals surface area (Å²) in [5.41, 5.74) is 5.03. The SMILES string of the molecule is Cc1ccc(C(=O)[C@H]2Oc3ccccc3[C@@H]2c2cc(C(C)(C)C)c(O)c(C(C)(C)C)c2)cc1. The van der Waals surface area contributed by atoms with Crippen LogP contribution in [-0.2, 0) is 10.8 Å². The van der Waals surface area contributed by atoms with Gasteiger partial charge in [-0.05, 0) is 40.5 Å². The second kappa shape index (κ2) is 8.06. The molecule has 3 aromatic carbocycles. The molecule has 0 aliphatic carbocycles. The first-order valence-electron chi connectivity index (χ1n) is 11.6. The summed E-state index contributed by atoms with van der Waals surface area (Å²) in [6, 6.07) is 19.7. The van der Waals surface area contributed by atoms with Gasteiger partial charge in [-0.1, -0.05) is 102 Å². The lowest BCUT2D eigenvalue weighted by Crippen LogP contribution is -2.30. The van der Waals surface area contributed by atoms with Crippen LogP contribution in [0.2, 0.25) is 0 Å². The van der Waals surface area contributed by atoms with Gasteiger partial charge in [0.25, 0.3) is 0 Å². The van der Waals surface area contributed by atoms with Crippen molar-refractivity contribution in [1.29, 1.82) is 0 Å². The molecule has 0 unspecified atom stereocenters. The third-order valence-electron chi connectivity index (χ3n) is 6.51. The fraction of sp³-hybridized carbons (Fsp3) is 0.367. The Balaban J connectivity index is 1.92. The number of para-hydroxylation sites is 1. The van der Waals surface area contributed by atoms with Crippen LogP contribution in [-0.4, -0.2) is 17.0 Å². The standard InChI is InChI=1S/C30H34O3/c1-18-12-14-19(15-13-18)26(31)28-25(21-10-8-9-11-24(21)33-28)20-16-22(29(2,3)4)27(32)23(17-20)30(5,6)7/h8-17,25,28,32H,1-7H3/t25-,28-/m0/s1. The minimum Gasteiger partial charge on any atom is -0.507 e. The number of rotatable bonds is 3. The van der Waals surface area contributed by atoms with Crippen molar-refractivity contribution in [2.75, 3.05) is 0 Å². The van der Waals surface area contributed by atoms with Crippen molar-refractivity contribution in [3.63, 3.8) is 0 Å². The van der Waals surface area contributed by atoms with Gasteiger partial charge in [0.1, 0.15) is 11.5 Å². The first kappa shape index (κ1) is 23.1. The summed E-state index contributed by atoms with van der Waals surface area (Å²) in [5.74, 6) is 0.805. The van der Waals surface area contributed by atoms with Crippen molar-refractivity contribution in [2.45, 2.75) is 71.3 Å². The minimum absolute atomic E-state index is 0.0288. The Morgan fingerprint density at radius 2 is 1.39 bits per heavy atom. The molecule has 0 radical (unpaired) electrons. The lowest BCUT2D eigenvalue weighted by Gasteiger charge is -2.30. The number of phenolic OH excluding ortho intramolecular Hbond substituents is 1. The van der Waals surface area contributed by atoms with E-state index in [-0.39, 0.29) is 22.5 Å². The zero-order valence-corrected chi connectivity index (χ0v) is 20.7. The van der Waals surface area contributed by atoms with Crippen molar-refractivity contribution in [3.8, 4) is 11.5 Å². The van der Waals surface area contributed by atoms with E-state index in [1.807, 2.05) is 55.5 Å². The number of Topliss-reactive ketones (excluding diaryl/α,β-unsaturated/α-hetero) is 1. The van der Waals surface area contributed by atoms with Crippen molar-refractivity contribution in [2.24, 2.45) is 0 Å². The van der Waals surface area contributed by atoms with Gasteiger partial charge in [0.15, 0.2) is 6.10 Å². The van der Waals surface area contributed by atoms with Gasteiger partial charge in [0.05, 0.1) is 5.92 Å². The van der Waals surface area contributed by atoms with Gasteiger partial charge in [-0.15, -0.1) is 0 Å². The lowest BCUT2D eigenvalue weighted by atomic mass is 9.75. The van der Waals surface area contributed by atoms with E-state index in [0.29, 0.717) is 11.3 Å². The number of benzene rings is 3. The fourth-order valence-corrected chi connectivity index (χ4v) is 4.63. The summed E-state index contributed by atoms with van der Waals surface area (Å²) in [6.07, 6.45) is -0.657. The molecule has 3 heteroatoms. The highest BCUT2D eigenvalue weighted by Crippen LogP contribution is 2.47. The van der Waals surface area contributed by atoms with Crippen LogP contribution in [0.25, 0.3) is 0 Å². The normalized spacial score (nSPS) is 18.0. The molecule has 0 amide bonds. The number of aryl methyl sites for hydroxylation is 1. The van der Waals surface area contributed by atoms with Crippen LogP contribution < -0.4 is 4.74 Å². The largest absolute Gasteiger partial charge is 0.507 e. The topological polar surface area (TPSA) is 46.5 Å². The monoisotopic (exact) mass is 442 g/mol. The summed E-state index contributed by atoms with van der Waals surface area (Å²) in [7, 11) is 0. The molecule has 0 saturated carbocycles. The maximum absolute atomic E-state index is 13.7. The van der Waals surface area contributed by atoms with E-state index in [2.05, 4.69) is 53.7 Å². The van der Waals surface area contributed by atoms with Gasteiger partial charge >= 0.3 is 0 Å². The molecule has 1 aliphatic rings. The third-order valence-corrected chi connectivity index (χ3v) is 6.51. The third kappa shape index (κ3) is 4.29. The molecule has 1 N–H and O–H groups in total. The number of phenols is 1. The van der Waals surface area contributed by atoms with Crippen molar-refractivity contribution in [3.05, 3.63) is 94.0 Å². The molecule has 3 nitrogen and oxygen atoms in total. The van der Waals surface area contributed by atoms with Crippen molar-refractivity contribution >= 4 is 5.78 Å². The van der Waals surface area contributed by atoms with Gasteiger partial charge in [-0.2, -0.15) is 0 Å². The van der Waals surface area contributed by atoms with Crippen LogP contribution in [0.1, 0.15) is 85.6 Å². The summed E-state index contributed by atoms with van der Waals surface area (Å²) < 4.78 is 6.29. The highest BCUT2D eigenvalue weighted by Gasteiger charge is 2.41. The van der Waals surface area contributed by atoms with E-state index in [4.69, 9.17) is 4.74 Å². The average Bonchev–Trinajstić information content (AvgIpc) is 3.12. The number of hydrogen-bond acceptors (Lipinski definition) is 3. The van der Waals surface area contributed by atoms with E-state index < -0.39 is 6.10 Å². The zero-order chi connectivity index (χ0) is 24.1. The number of aromatic hydroxyl groups is 1. The lowest BCUT2D eigenvalue weighted by molar-refractivity contribution is 0.0806. The molecular weight excluding hydrogens is 408 g/mol. The summed E-state index contributed by atoms with van der Waals surface area (Å²) in [5, 5.41) is 11.2. The second-order valence-electron chi connectivity index (χ2n) is 11.2. The molecular formula is C30H34O3. The fourth-order valence-electron chi connectivity index (χ4n) is 4.63. The Morgan fingerprint density at radius 3 is 1.94 bits per heavy atom. The number of carbonyl (C=O) groups is 1. The molecule has 2 atom stereocenters. The van der Waals surface area contributed by atoms with Gasteiger partial charge in [0, 0.05) is 11.1 Å². The summed E-state index contributed by atoms with van der Waals surface area (Å²) >= 11 is 0. The first-order valence-corrected chi connectivity index (χ1v) is 11.6.